The van der Waals surface area contributed by atoms with E-state index < -0.39 is 11.1 Å². The number of morpholine rings is 1. The first-order valence-electron chi connectivity index (χ1n) is 8.63. The molecule has 0 unspecified atom stereocenters. The lowest BCUT2D eigenvalue weighted by atomic mass is 10.2. The minimum atomic E-state index is -0.451. The van der Waals surface area contributed by atoms with Gasteiger partial charge in [0.2, 0.25) is 5.91 Å². The van der Waals surface area contributed by atoms with Crippen LogP contribution in [-0.4, -0.2) is 66.3 Å². The average Bonchev–Trinajstić information content (AvgIpc) is 2.92. The highest BCUT2D eigenvalue weighted by Crippen LogP contribution is 2.36. The summed E-state index contributed by atoms with van der Waals surface area (Å²) in [7, 11) is 0. The molecule has 10 heteroatoms. The molecular weight excluding hydrogens is 610 g/mol. The molecule has 150 valence electrons. The van der Waals surface area contributed by atoms with Crippen LogP contribution in [0.5, 0.6) is 5.75 Å². The summed E-state index contributed by atoms with van der Waals surface area (Å²) < 4.78 is 12.9. The molecule has 2 heterocycles. The Bertz CT molecular complexity index is 840. The normalized spacial score (nSPS) is 18.9. The number of amides is 3. The molecule has 2 aliphatic rings. The molecule has 0 saturated carbocycles. The van der Waals surface area contributed by atoms with Gasteiger partial charge in [-0.1, -0.05) is 0 Å². The number of carbonyl (C=O) groups is 3. The molecule has 28 heavy (non-hydrogen) atoms. The van der Waals surface area contributed by atoms with Gasteiger partial charge in [-0.05, 0) is 82.1 Å². The van der Waals surface area contributed by atoms with Gasteiger partial charge in [0.05, 0.1) is 28.3 Å². The summed E-state index contributed by atoms with van der Waals surface area (Å²) >= 11 is 5.23. The van der Waals surface area contributed by atoms with Crippen molar-refractivity contribution < 1.29 is 23.9 Å². The zero-order valence-electron chi connectivity index (χ0n) is 15.1. The molecule has 0 atom stereocenters. The van der Waals surface area contributed by atoms with Crippen LogP contribution in [0.15, 0.2) is 17.0 Å². The van der Waals surface area contributed by atoms with Crippen molar-refractivity contribution in [3.05, 3.63) is 29.7 Å². The lowest BCUT2D eigenvalue weighted by Crippen LogP contribution is -2.46. The molecule has 2 aliphatic heterocycles. The number of rotatable bonds is 5. The fourth-order valence-corrected chi connectivity index (χ4v) is 5.68. The van der Waals surface area contributed by atoms with Gasteiger partial charge in [-0.3, -0.25) is 19.3 Å². The minimum Gasteiger partial charge on any atom is -0.492 e. The second kappa shape index (κ2) is 9.76. The number of thioether (sulfide) groups is 1. The van der Waals surface area contributed by atoms with Crippen LogP contribution in [0.3, 0.4) is 0 Å². The van der Waals surface area contributed by atoms with E-state index >= 15 is 0 Å². The second-order valence-electron chi connectivity index (χ2n) is 6.00. The second-order valence-corrected chi connectivity index (χ2v) is 9.40. The van der Waals surface area contributed by atoms with Crippen molar-refractivity contribution in [2.24, 2.45) is 0 Å². The highest BCUT2D eigenvalue weighted by atomic mass is 127. The van der Waals surface area contributed by atoms with E-state index in [2.05, 4.69) is 45.2 Å². The Morgan fingerprint density at radius 1 is 1.29 bits per heavy atom. The quantitative estimate of drug-likeness (QED) is 0.369. The topological polar surface area (TPSA) is 76.2 Å². The van der Waals surface area contributed by atoms with E-state index in [0.717, 1.165) is 29.4 Å². The van der Waals surface area contributed by atoms with Crippen LogP contribution in [0.4, 0.5) is 4.79 Å². The largest absolute Gasteiger partial charge is 0.492 e. The monoisotopic (exact) mass is 628 g/mol. The Balaban J connectivity index is 1.80. The van der Waals surface area contributed by atoms with Crippen LogP contribution in [0.2, 0.25) is 0 Å². The van der Waals surface area contributed by atoms with Gasteiger partial charge in [0.1, 0.15) is 12.3 Å². The molecule has 1 aromatic rings. The smallest absolute Gasteiger partial charge is 0.294 e. The molecule has 1 aromatic carbocycles. The number of ether oxygens (including phenoxy) is 2. The van der Waals surface area contributed by atoms with Gasteiger partial charge in [-0.2, -0.15) is 0 Å². The summed E-state index contributed by atoms with van der Waals surface area (Å²) in [4.78, 5) is 40.4. The molecule has 0 N–H and O–H groups in total. The maximum Gasteiger partial charge on any atom is 0.294 e. The first-order valence-corrected chi connectivity index (χ1v) is 11.6. The third-order valence-electron chi connectivity index (χ3n) is 4.14. The predicted molar refractivity (Wildman–Crippen MR) is 123 cm³/mol. The molecule has 0 aromatic heterocycles. The van der Waals surface area contributed by atoms with E-state index in [0.29, 0.717) is 43.6 Å². The Hall–Kier alpha value is -0.860. The van der Waals surface area contributed by atoms with Gasteiger partial charge >= 0.3 is 0 Å². The Kier molecular flexibility index (Phi) is 7.61. The van der Waals surface area contributed by atoms with E-state index in [4.69, 9.17) is 9.47 Å². The van der Waals surface area contributed by atoms with Crippen molar-refractivity contribution in [2.75, 3.05) is 39.5 Å². The number of hydrogen-bond donors (Lipinski definition) is 0. The van der Waals surface area contributed by atoms with Crippen LogP contribution in [0.25, 0.3) is 6.08 Å². The number of nitrogens with zero attached hydrogens (tertiary/aromatic N) is 2. The van der Waals surface area contributed by atoms with Crippen molar-refractivity contribution in [3.8, 4) is 5.75 Å². The van der Waals surface area contributed by atoms with Gasteiger partial charge in [-0.15, -0.1) is 0 Å². The van der Waals surface area contributed by atoms with E-state index in [1.165, 1.54) is 0 Å². The first kappa shape index (κ1) is 21.8. The van der Waals surface area contributed by atoms with E-state index in [1.54, 1.807) is 11.0 Å². The first-order chi connectivity index (χ1) is 13.4. The number of imide groups is 1. The molecular formula is C18H18I2N2O5S. The van der Waals surface area contributed by atoms with Crippen molar-refractivity contribution in [1.29, 1.82) is 0 Å². The molecule has 0 spiro atoms. The van der Waals surface area contributed by atoms with Gasteiger partial charge in [-0.25, -0.2) is 0 Å². The Morgan fingerprint density at radius 2 is 2.00 bits per heavy atom. The molecule has 0 bridgehead atoms. The van der Waals surface area contributed by atoms with Crippen molar-refractivity contribution in [1.82, 2.24) is 9.80 Å². The standard InChI is InChI=1S/C18H18I2N2O5S/c1-2-27-16-11(7-12(19)9-13(16)20)8-14-17(24)22(18(25)28-14)10-15(23)21-3-5-26-6-4-21/h7-9H,2-6,10H2,1H3/b14-8-. The predicted octanol–water partition coefficient (Wildman–Crippen LogP) is 3.19. The lowest BCUT2D eigenvalue weighted by molar-refractivity contribution is -0.139. The van der Waals surface area contributed by atoms with Gasteiger partial charge in [0.15, 0.2) is 0 Å². The zero-order valence-corrected chi connectivity index (χ0v) is 20.2. The number of benzene rings is 1. The average molecular weight is 628 g/mol. The molecule has 2 fully saturated rings. The fraction of sp³-hybridized carbons (Fsp3) is 0.389. The zero-order chi connectivity index (χ0) is 20.3. The van der Waals surface area contributed by atoms with Crippen molar-refractivity contribution in [2.45, 2.75) is 6.92 Å². The number of carbonyl (C=O) groups excluding carboxylic acids is 3. The lowest BCUT2D eigenvalue weighted by Gasteiger charge is -2.28. The van der Waals surface area contributed by atoms with Crippen molar-refractivity contribution >= 4 is 80.1 Å². The van der Waals surface area contributed by atoms with E-state index in [9.17, 15) is 14.4 Å². The molecule has 3 rings (SSSR count). The third-order valence-corrected chi connectivity index (χ3v) is 6.47. The summed E-state index contributed by atoms with van der Waals surface area (Å²) in [5.41, 5.74) is 0.739. The summed E-state index contributed by atoms with van der Waals surface area (Å²) in [5, 5.41) is -0.434. The Labute approximate surface area is 194 Å². The van der Waals surface area contributed by atoms with Crippen LogP contribution >= 0.6 is 56.9 Å². The van der Waals surface area contributed by atoms with Gasteiger partial charge in [0, 0.05) is 22.2 Å². The Morgan fingerprint density at radius 3 is 2.68 bits per heavy atom. The number of halogens is 2. The molecule has 2 saturated heterocycles. The molecule has 0 aliphatic carbocycles. The van der Waals surface area contributed by atoms with Crippen LogP contribution in [0, 0.1) is 7.14 Å². The maximum absolute atomic E-state index is 12.8. The van der Waals surface area contributed by atoms with E-state index in [-0.39, 0.29) is 12.5 Å². The fourth-order valence-electron chi connectivity index (χ4n) is 2.81. The maximum atomic E-state index is 12.8. The summed E-state index contributed by atoms with van der Waals surface area (Å²) in [5.74, 6) is -0.0155. The van der Waals surface area contributed by atoms with Gasteiger partial charge < -0.3 is 14.4 Å². The van der Waals surface area contributed by atoms with Crippen LogP contribution in [-0.2, 0) is 14.3 Å². The minimum absolute atomic E-state index is 0.245. The third kappa shape index (κ3) is 5.00. The SMILES string of the molecule is CCOc1c(I)cc(I)cc1/C=C1\SC(=O)N(CC(=O)N2CCOCC2)C1=O. The number of hydrogen-bond acceptors (Lipinski definition) is 6. The van der Waals surface area contributed by atoms with Gasteiger partial charge in [0.25, 0.3) is 11.1 Å². The van der Waals surface area contributed by atoms with Crippen LogP contribution in [0.1, 0.15) is 12.5 Å². The molecule has 3 amide bonds. The molecule has 0 radical (unpaired) electrons. The van der Waals surface area contributed by atoms with Crippen molar-refractivity contribution in [3.63, 3.8) is 0 Å². The summed E-state index contributed by atoms with van der Waals surface area (Å²) in [6, 6.07) is 3.89. The summed E-state index contributed by atoms with van der Waals surface area (Å²) in [6.07, 6.45) is 1.67. The molecule has 7 nitrogen and oxygen atoms in total. The van der Waals surface area contributed by atoms with E-state index in [1.807, 2.05) is 19.1 Å². The highest BCUT2D eigenvalue weighted by molar-refractivity contribution is 14.1. The van der Waals surface area contributed by atoms with Crippen LogP contribution < -0.4 is 4.74 Å². The highest BCUT2D eigenvalue weighted by Gasteiger charge is 2.37. The summed E-state index contributed by atoms with van der Waals surface area (Å²) in [6.45, 7) is 4.03.